The van der Waals surface area contributed by atoms with Gasteiger partial charge in [-0.3, -0.25) is 9.59 Å². The molecule has 2 aromatic rings. The Labute approximate surface area is 165 Å². The number of hydrogen-bond acceptors (Lipinski definition) is 2. The summed E-state index contributed by atoms with van der Waals surface area (Å²) in [6.07, 6.45) is -4.02. The van der Waals surface area contributed by atoms with E-state index in [0.29, 0.717) is 34.7 Å². The first-order valence-electron chi connectivity index (χ1n) is 8.97. The lowest BCUT2D eigenvalue weighted by molar-refractivity contribution is -0.147. The summed E-state index contributed by atoms with van der Waals surface area (Å²) in [5.74, 6) is -0.693. The molecule has 0 heterocycles. The number of hydrogen-bond donors (Lipinski definition) is 1. The lowest BCUT2D eigenvalue weighted by Crippen LogP contribution is -2.42. The molecule has 0 spiro atoms. The quantitative estimate of drug-likeness (QED) is 0.643. The molecule has 3 nitrogen and oxygen atoms in total. The fourth-order valence-electron chi connectivity index (χ4n) is 3.46. The van der Waals surface area contributed by atoms with Crippen molar-refractivity contribution in [3.8, 4) is 0 Å². The van der Waals surface area contributed by atoms with Gasteiger partial charge in [-0.05, 0) is 48.7 Å². The zero-order chi connectivity index (χ0) is 20.4. The maximum absolute atomic E-state index is 12.5. The fourth-order valence-corrected chi connectivity index (χ4v) is 3.65. The normalized spacial score (nSPS) is 15.6. The fraction of sp³-hybridized carbons (Fsp3) is 0.333. The van der Waals surface area contributed by atoms with Gasteiger partial charge in [0.25, 0.3) is 5.91 Å². The van der Waals surface area contributed by atoms with Crippen LogP contribution < -0.4 is 5.32 Å². The number of rotatable bonds is 6. The van der Waals surface area contributed by atoms with E-state index in [9.17, 15) is 22.8 Å². The number of carbonyl (C=O) groups excluding carboxylic acids is 2. The van der Waals surface area contributed by atoms with Gasteiger partial charge in [-0.25, -0.2) is 0 Å². The average molecular weight is 410 g/mol. The average Bonchev–Trinajstić information content (AvgIpc) is 2.60. The van der Waals surface area contributed by atoms with E-state index in [1.54, 1.807) is 48.5 Å². The van der Waals surface area contributed by atoms with Gasteiger partial charge in [0, 0.05) is 22.7 Å². The number of amides is 1. The third-order valence-corrected chi connectivity index (χ3v) is 5.39. The van der Waals surface area contributed by atoms with E-state index in [4.69, 9.17) is 11.6 Å². The second kappa shape index (κ2) is 7.95. The molecular formula is C21H19ClF3NO2. The summed E-state index contributed by atoms with van der Waals surface area (Å²) >= 11 is 5.89. The molecule has 1 aliphatic carbocycles. The number of nitrogens with one attached hydrogen (secondary N) is 1. The Hall–Kier alpha value is -2.34. The van der Waals surface area contributed by atoms with Gasteiger partial charge in [-0.15, -0.1) is 0 Å². The van der Waals surface area contributed by atoms with E-state index in [-0.39, 0.29) is 11.7 Å². The smallest absolute Gasteiger partial charge is 0.322 e. The largest absolute Gasteiger partial charge is 0.389 e. The van der Waals surface area contributed by atoms with E-state index in [0.717, 1.165) is 6.42 Å². The number of alkyl halides is 3. The minimum Gasteiger partial charge on any atom is -0.322 e. The molecule has 7 heteroatoms. The van der Waals surface area contributed by atoms with Crippen molar-refractivity contribution in [3.05, 3.63) is 64.7 Å². The number of anilines is 1. The van der Waals surface area contributed by atoms with Gasteiger partial charge in [0.05, 0.1) is 11.8 Å². The summed E-state index contributed by atoms with van der Waals surface area (Å²) in [6.45, 7) is 0. The van der Waals surface area contributed by atoms with Crippen molar-refractivity contribution >= 4 is 29.0 Å². The van der Waals surface area contributed by atoms with Crippen LogP contribution >= 0.6 is 11.6 Å². The number of Topliss-reactive ketones (excluding diaryl/α,β-unsaturated/α-hetero) is 1. The minimum atomic E-state index is -4.34. The minimum absolute atomic E-state index is 0.324. The van der Waals surface area contributed by atoms with E-state index >= 15 is 0 Å². The van der Waals surface area contributed by atoms with Crippen LogP contribution in [0.25, 0.3) is 0 Å². The van der Waals surface area contributed by atoms with Crippen molar-refractivity contribution in [2.75, 3.05) is 5.32 Å². The van der Waals surface area contributed by atoms with Crippen molar-refractivity contribution in [1.82, 2.24) is 0 Å². The van der Waals surface area contributed by atoms with Crippen LogP contribution in [-0.2, 0) is 10.2 Å². The molecule has 28 heavy (non-hydrogen) atoms. The zero-order valence-corrected chi connectivity index (χ0v) is 15.7. The number of halogens is 4. The van der Waals surface area contributed by atoms with Crippen molar-refractivity contribution in [1.29, 1.82) is 0 Å². The molecule has 1 aliphatic rings. The SMILES string of the molecule is O=C(Nc1ccc(C2(C(=O)CCC(F)(F)F)CCC2)cc1)c1cccc(Cl)c1. The maximum Gasteiger partial charge on any atom is 0.389 e. The number of benzene rings is 2. The Bertz CT molecular complexity index is 874. The predicted octanol–water partition coefficient (Wildman–Crippen LogP) is 5.93. The Morgan fingerprint density at radius 2 is 1.75 bits per heavy atom. The highest BCUT2D eigenvalue weighted by molar-refractivity contribution is 6.31. The van der Waals surface area contributed by atoms with Gasteiger partial charge < -0.3 is 5.32 Å². The molecule has 148 valence electrons. The van der Waals surface area contributed by atoms with Crippen LogP contribution in [0.1, 0.15) is 48.0 Å². The molecule has 1 amide bonds. The van der Waals surface area contributed by atoms with Crippen LogP contribution in [0.4, 0.5) is 18.9 Å². The van der Waals surface area contributed by atoms with E-state index < -0.39 is 24.4 Å². The van der Waals surface area contributed by atoms with Crippen LogP contribution in [0, 0.1) is 0 Å². The molecule has 0 saturated heterocycles. The number of ketones is 1. The first-order chi connectivity index (χ1) is 13.2. The highest BCUT2D eigenvalue weighted by Gasteiger charge is 2.45. The van der Waals surface area contributed by atoms with Crippen molar-refractivity contribution in [2.24, 2.45) is 0 Å². The van der Waals surface area contributed by atoms with Gasteiger partial charge in [0.15, 0.2) is 0 Å². The van der Waals surface area contributed by atoms with Crippen LogP contribution in [0.2, 0.25) is 5.02 Å². The lowest BCUT2D eigenvalue weighted by atomic mass is 9.61. The predicted molar refractivity (Wildman–Crippen MR) is 102 cm³/mol. The molecular weight excluding hydrogens is 391 g/mol. The van der Waals surface area contributed by atoms with E-state index in [2.05, 4.69) is 5.32 Å². The van der Waals surface area contributed by atoms with Gasteiger partial charge in [0.2, 0.25) is 0 Å². The molecule has 0 aliphatic heterocycles. The molecule has 1 fully saturated rings. The third-order valence-electron chi connectivity index (χ3n) is 5.16. The summed E-state index contributed by atoms with van der Waals surface area (Å²) in [5, 5.41) is 3.19. The second-order valence-electron chi connectivity index (χ2n) is 7.02. The van der Waals surface area contributed by atoms with E-state index in [1.807, 2.05) is 0 Å². The topological polar surface area (TPSA) is 46.2 Å². The molecule has 1 saturated carbocycles. The third kappa shape index (κ3) is 4.55. The summed E-state index contributed by atoms with van der Waals surface area (Å²) < 4.78 is 37.4. The zero-order valence-electron chi connectivity index (χ0n) is 15.0. The lowest BCUT2D eigenvalue weighted by Gasteiger charge is -2.41. The van der Waals surface area contributed by atoms with Crippen LogP contribution in [0.15, 0.2) is 48.5 Å². The molecule has 0 aromatic heterocycles. The van der Waals surface area contributed by atoms with Gasteiger partial charge in [-0.2, -0.15) is 13.2 Å². The standard InChI is InChI=1S/C21H19ClF3NO2/c22-16-4-1-3-14(13-16)19(28)26-17-7-5-15(6-8-17)20(10-2-11-20)18(27)9-12-21(23,24)25/h1,3-8,13H,2,9-12H2,(H,26,28). The molecule has 1 N–H and O–H groups in total. The van der Waals surface area contributed by atoms with Crippen LogP contribution in [0.3, 0.4) is 0 Å². The monoisotopic (exact) mass is 409 g/mol. The molecule has 0 radical (unpaired) electrons. The highest BCUT2D eigenvalue weighted by atomic mass is 35.5. The summed E-state index contributed by atoms with van der Waals surface area (Å²) in [7, 11) is 0. The first-order valence-corrected chi connectivity index (χ1v) is 9.35. The Kier molecular flexibility index (Phi) is 5.79. The number of carbonyl (C=O) groups is 2. The van der Waals surface area contributed by atoms with E-state index in [1.165, 1.54) is 0 Å². The summed E-state index contributed by atoms with van der Waals surface area (Å²) in [6, 6.07) is 13.3. The molecule has 0 bridgehead atoms. The van der Waals surface area contributed by atoms with Crippen molar-refractivity contribution in [2.45, 2.75) is 43.7 Å². The second-order valence-corrected chi connectivity index (χ2v) is 7.45. The molecule has 2 aromatic carbocycles. The summed E-state index contributed by atoms with van der Waals surface area (Å²) in [4.78, 5) is 24.8. The summed E-state index contributed by atoms with van der Waals surface area (Å²) in [5.41, 5.74) is 0.813. The highest BCUT2D eigenvalue weighted by Crippen LogP contribution is 2.46. The molecule has 0 unspecified atom stereocenters. The van der Waals surface area contributed by atoms with Crippen molar-refractivity contribution in [3.63, 3.8) is 0 Å². The van der Waals surface area contributed by atoms with Gasteiger partial charge in [0.1, 0.15) is 5.78 Å². The van der Waals surface area contributed by atoms with Gasteiger partial charge >= 0.3 is 6.18 Å². The van der Waals surface area contributed by atoms with Gasteiger partial charge in [-0.1, -0.05) is 36.2 Å². The van der Waals surface area contributed by atoms with Crippen LogP contribution in [-0.4, -0.2) is 17.9 Å². The molecule has 3 rings (SSSR count). The Morgan fingerprint density at radius 3 is 2.29 bits per heavy atom. The Morgan fingerprint density at radius 1 is 1.07 bits per heavy atom. The Balaban J connectivity index is 1.70. The van der Waals surface area contributed by atoms with Crippen molar-refractivity contribution < 1.29 is 22.8 Å². The van der Waals surface area contributed by atoms with Crippen LogP contribution in [0.5, 0.6) is 0 Å². The maximum atomic E-state index is 12.5. The first kappa shape index (κ1) is 20.4. The molecule has 0 atom stereocenters.